The maximum absolute atomic E-state index is 12.3. The van der Waals surface area contributed by atoms with Gasteiger partial charge in [-0.3, -0.25) is 9.59 Å². The molecule has 0 radical (unpaired) electrons. The van der Waals surface area contributed by atoms with Gasteiger partial charge in [-0.05, 0) is 31.1 Å². The van der Waals surface area contributed by atoms with Crippen LogP contribution in [-0.4, -0.2) is 34.8 Å². The highest BCUT2D eigenvalue weighted by Gasteiger charge is 2.23. The SMILES string of the molecule is C=CC(=O)NCCC(=O)N1CCc2sc(-c3csc(C)n3)cc2C1. The first-order chi connectivity index (χ1) is 11.6. The van der Waals surface area contributed by atoms with Gasteiger partial charge in [0.05, 0.1) is 15.6 Å². The minimum atomic E-state index is -0.246. The lowest BCUT2D eigenvalue weighted by molar-refractivity contribution is -0.132. The van der Waals surface area contributed by atoms with Crippen molar-refractivity contribution < 1.29 is 9.59 Å². The number of thiazole rings is 1. The number of carbonyl (C=O) groups is 2. The first-order valence-electron chi connectivity index (χ1n) is 7.79. The van der Waals surface area contributed by atoms with Crippen LogP contribution in [0.4, 0.5) is 0 Å². The number of aromatic nitrogens is 1. The topological polar surface area (TPSA) is 62.3 Å². The molecule has 1 aliphatic heterocycles. The zero-order valence-electron chi connectivity index (χ0n) is 13.5. The third-order valence-corrected chi connectivity index (χ3v) is 5.95. The van der Waals surface area contributed by atoms with Crippen LogP contribution in [-0.2, 0) is 22.6 Å². The molecule has 0 aliphatic carbocycles. The minimum absolute atomic E-state index is 0.0715. The summed E-state index contributed by atoms with van der Waals surface area (Å²) in [5.41, 5.74) is 2.25. The lowest BCUT2D eigenvalue weighted by atomic mass is 10.1. The van der Waals surface area contributed by atoms with Gasteiger partial charge in [0, 0.05) is 36.3 Å². The van der Waals surface area contributed by atoms with Gasteiger partial charge in [-0.2, -0.15) is 0 Å². The van der Waals surface area contributed by atoms with Crippen LogP contribution in [0.25, 0.3) is 10.6 Å². The summed E-state index contributed by atoms with van der Waals surface area (Å²) in [5.74, 6) is -0.174. The van der Waals surface area contributed by atoms with Gasteiger partial charge >= 0.3 is 0 Å². The first kappa shape index (κ1) is 16.9. The number of rotatable bonds is 5. The van der Waals surface area contributed by atoms with Gasteiger partial charge in [0.15, 0.2) is 0 Å². The fourth-order valence-electron chi connectivity index (χ4n) is 2.67. The molecule has 0 saturated carbocycles. The third kappa shape index (κ3) is 3.73. The van der Waals surface area contributed by atoms with Crippen molar-refractivity contribution in [3.05, 3.63) is 39.5 Å². The second-order valence-electron chi connectivity index (χ2n) is 5.62. The number of hydrogen-bond donors (Lipinski definition) is 1. The first-order valence-corrected chi connectivity index (χ1v) is 9.48. The van der Waals surface area contributed by atoms with Gasteiger partial charge in [-0.15, -0.1) is 22.7 Å². The number of aryl methyl sites for hydroxylation is 1. The third-order valence-electron chi connectivity index (χ3n) is 3.91. The van der Waals surface area contributed by atoms with E-state index in [4.69, 9.17) is 0 Å². The summed E-state index contributed by atoms with van der Waals surface area (Å²) in [6, 6.07) is 2.16. The number of nitrogens with one attached hydrogen (secondary N) is 1. The molecule has 7 heteroatoms. The molecule has 0 atom stereocenters. The molecule has 2 aromatic rings. The van der Waals surface area contributed by atoms with Gasteiger partial charge in [0.1, 0.15) is 0 Å². The molecule has 0 bridgehead atoms. The summed E-state index contributed by atoms with van der Waals surface area (Å²) in [6.45, 7) is 7.12. The van der Waals surface area contributed by atoms with E-state index in [1.165, 1.54) is 21.4 Å². The molecule has 2 aromatic heterocycles. The average molecular weight is 361 g/mol. The number of thiophene rings is 1. The van der Waals surface area contributed by atoms with Gasteiger partial charge < -0.3 is 10.2 Å². The Morgan fingerprint density at radius 1 is 1.50 bits per heavy atom. The van der Waals surface area contributed by atoms with E-state index in [1.807, 2.05) is 11.8 Å². The zero-order valence-corrected chi connectivity index (χ0v) is 15.1. The van der Waals surface area contributed by atoms with E-state index in [0.717, 1.165) is 23.7 Å². The van der Waals surface area contributed by atoms with Crippen LogP contribution in [0.5, 0.6) is 0 Å². The highest BCUT2D eigenvalue weighted by molar-refractivity contribution is 7.16. The van der Waals surface area contributed by atoms with E-state index in [0.29, 0.717) is 19.5 Å². The molecule has 1 aliphatic rings. The Labute approximate surface area is 149 Å². The smallest absolute Gasteiger partial charge is 0.243 e. The van der Waals surface area contributed by atoms with Crippen LogP contribution in [0.2, 0.25) is 0 Å². The molecule has 126 valence electrons. The number of carbonyl (C=O) groups excluding carboxylic acids is 2. The molecular formula is C17H19N3O2S2. The van der Waals surface area contributed by atoms with Gasteiger partial charge in [0.2, 0.25) is 11.8 Å². The number of nitrogens with zero attached hydrogens (tertiary/aromatic N) is 2. The summed E-state index contributed by atoms with van der Waals surface area (Å²) in [6.07, 6.45) is 2.41. The van der Waals surface area contributed by atoms with Crippen molar-refractivity contribution >= 4 is 34.5 Å². The summed E-state index contributed by atoms with van der Waals surface area (Å²) < 4.78 is 0. The molecule has 0 spiro atoms. The lowest BCUT2D eigenvalue weighted by Gasteiger charge is -2.27. The van der Waals surface area contributed by atoms with Crippen molar-refractivity contribution in [1.82, 2.24) is 15.2 Å². The largest absolute Gasteiger partial charge is 0.352 e. The Morgan fingerprint density at radius 2 is 2.33 bits per heavy atom. The Morgan fingerprint density at radius 3 is 3.04 bits per heavy atom. The standard InChI is InChI=1S/C17H19N3O2S2/c1-3-16(21)18-6-4-17(22)20-7-5-14-12(9-20)8-15(24-14)13-10-23-11(2)19-13/h3,8,10H,1,4-7,9H2,2H3,(H,18,21). The van der Waals surface area contributed by atoms with Crippen LogP contribution in [0.1, 0.15) is 21.9 Å². The van der Waals surface area contributed by atoms with Gasteiger partial charge in [-0.1, -0.05) is 6.58 Å². The summed E-state index contributed by atoms with van der Waals surface area (Å²) in [5, 5.41) is 5.79. The second kappa shape index (κ2) is 7.27. The van der Waals surface area contributed by atoms with Crippen LogP contribution >= 0.6 is 22.7 Å². The Bertz CT molecular complexity index is 779. The van der Waals surface area contributed by atoms with E-state index >= 15 is 0 Å². The molecular weight excluding hydrogens is 342 g/mol. The molecule has 2 amide bonds. The summed E-state index contributed by atoms with van der Waals surface area (Å²) >= 11 is 3.43. The van der Waals surface area contributed by atoms with Crippen LogP contribution in [0, 0.1) is 6.92 Å². The lowest BCUT2D eigenvalue weighted by Crippen LogP contribution is -2.37. The van der Waals surface area contributed by atoms with E-state index in [9.17, 15) is 9.59 Å². The summed E-state index contributed by atoms with van der Waals surface area (Å²) in [7, 11) is 0. The highest BCUT2D eigenvalue weighted by Crippen LogP contribution is 2.35. The fourth-order valence-corrected chi connectivity index (χ4v) is 4.48. The normalized spacial score (nSPS) is 13.5. The quantitative estimate of drug-likeness (QED) is 0.833. The predicted molar refractivity (Wildman–Crippen MR) is 97.1 cm³/mol. The van der Waals surface area contributed by atoms with Crippen LogP contribution in [0.15, 0.2) is 24.1 Å². The Hall–Kier alpha value is -1.99. The van der Waals surface area contributed by atoms with E-state index in [2.05, 4.69) is 28.3 Å². The summed E-state index contributed by atoms with van der Waals surface area (Å²) in [4.78, 5) is 32.3. The van der Waals surface area contributed by atoms with Crippen molar-refractivity contribution in [2.24, 2.45) is 0 Å². The monoisotopic (exact) mass is 361 g/mol. The Balaban J connectivity index is 1.62. The maximum Gasteiger partial charge on any atom is 0.243 e. The predicted octanol–water partition coefficient (Wildman–Crippen LogP) is 2.76. The number of fused-ring (bicyclic) bond motifs is 1. The molecule has 0 saturated heterocycles. The van der Waals surface area contributed by atoms with E-state index < -0.39 is 0 Å². The molecule has 0 aromatic carbocycles. The molecule has 5 nitrogen and oxygen atoms in total. The van der Waals surface area contributed by atoms with E-state index in [1.54, 1.807) is 22.7 Å². The number of hydrogen-bond acceptors (Lipinski definition) is 5. The van der Waals surface area contributed by atoms with Gasteiger partial charge in [0.25, 0.3) is 0 Å². The molecule has 3 heterocycles. The van der Waals surface area contributed by atoms with Crippen LogP contribution in [0.3, 0.4) is 0 Å². The molecule has 0 fully saturated rings. The van der Waals surface area contributed by atoms with Crippen molar-refractivity contribution in [2.75, 3.05) is 13.1 Å². The van der Waals surface area contributed by atoms with Crippen molar-refractivity contribution in [2.45, 2.75) is 26.3 Å². The maximum atomic E-state index is 12.3. The molecule has 24 heavy (non-hydrogen) atoms. The zero-order chi connectivity index (χ0) is 17.1. The average Bonchev–Trinajstić information content (AvgIpc) is 3.19. The molecule has 3 rings (SSSR count). The van der Waals surface area contributed by atoms with E-state index in [-0.39, 0.29) is 11.8 Å². The highest BCUT2D eigenvalue weighted by atomic mass is 32.1. The van der Waals surface area contributed by atoms with Gasteiger partial charge in [-0.25, -0.2) is 4.98 Å². The molecule has 0 unspecified atom stereocenters. The molecule has 1 N–H and O–H groups in total. The minimum Gasteiger partial charge on any atom is -0.352 e. The fraction of sp³-hybridized carbons (Fsp3) is 0.353. The van der Waals surface area contributed by atoms with Crippen molar-refractivity contribution in [3.63, 3.8) is 0 Å². The Kier molecular flexibility index (Phi) is 5.11. The number of amides is 2. The van der Waals surface area contributed by atoms with Crippen molar-refractivity contribution in [1.29, 1.82) is 0 Å². The second-order valence-corrected chi connectivity index (χ2v) is 7.82. The van der Waals surface area contributed by atoms with Crippen molar-refractivity contribution in [3.8, 4) is 10.6 Å². The van der Waals surface area contributed by atoms with Crippen LogP contribution < -0.4 is 5.32 Å².